The molecule has 1 N–H and O–H groups in total. The molecule has 1 saturated heterocycles. The first-order valence-corrected chi connectivity index (χ1v) is 13.2. The highest BCUT2D eigenvalue weighted by molar-refractivity contribution is 5.95. The van der Waals surface area contributed by atoms with Crippen molar-refractivity contribution in [1.82, 2.24) is 5.32 Å². The molecule has 1 aliphatic rings. The van der Waals surface area contributed by atoms with Gasteiger partial charge in [0.05, 0.1) is 0 Å². The number of carbonyl (C=O) groups is 5. The molecule has 12 nitrogen and oxygen atoms in total. The lowest BCUT2D eigenvalue weighted by molar-refractivity contribution is -0.316. The summed E-state index contributed by atoms with van der Waals surface area (Å²) in [5.74, 6) is -2.73. The highest BCUT2D eigenvalue weighted by Crippen LogP contribution is 2.39. The summed E-state index contributed by atoms with van der Waals surface area (Å²) in [7, 11) is 1.55. The van der Waals surface area contributed by atoms with Gasteiger partial charge in [0.2, 0.25) is 12.4 Å². The first-order chi connectivity index (χ1) is 19.7. The van der Waals surface area contributed by atoms with Gasteiger partial charge in [-0.3, -0.25) is 24.0 Å². The van der Waals surface area contributed by atoms with Crippen molar-refractivity contribution in [2.24, 2.45) is 0 Å². The van der Waals surface area contributed by atoms with E-state index in [1.54, 1.807) is 44.3 Å². The summed E-state index contributed by atoms with van der Waals surface area (Å²) in [6.45, 7) is 7.48. The number of hydrogen-bond donors (Lipinski definition) is 1. The smallest absolute Gasteiger partial charge is 0.303 e. The number of hydrogen-bond acceptors (Lipinski definition) is 11. The fourth-order valence-corrected chi connectivity index (χ4v) is 4.75. The quantitative estimate of drug-likeness (QED) is 0.341. The molecule has 2 aromatic rings. The Kier molecular flexibility index (Phi) is 10.3. The van der Waals surface area contributed by atoms with E-state index in [-0.39, 0.29) is 12.5 Å². The van der Waals surface area contributed by atoms with E-state index in [2.05, 4.69) is 5.32 Å². The van der Waals surface area contributed by atoms with Gasteiger partial charge in [-0.05, 0) is 54.8 Å². The van der Waals surface area contributed by atoms with Crippen molar-refractivity contribution >= 4 is 29.8 Å². The topological polar surface area (TPSA) is 153 Å². The zero-order valence-corrected chi connectivity index (χ0v) is 24.5. The van der Waals surface area contributed by atoms with Crippen molar-refractivity contribution < 1.29 is 52.4 Å². The van der Waals surface area contributed by atoms with Gasteiger partial charge in [-0.1, -0.05) is 18.2 Å². The molecule has 0 aliphatic carbocycles. The number of aryl methyl sites for hydroxylation is 1. The Morgan fingerprint density at radius 3 is 2.07 bits per heavy atom. The minimum absolute atomic E-state index is 0.217. The fourth-order valence-electron chi connectivity index (χ4n) is 4.75. The second kappa shape index (κ2) is 13.5. The zero-order chi connectivity index (χ0) is 31.2. The summed E-state index contributed by atoms with van der Waals surface area (Å²) in [6, 6.07) is 12.4. The maximum absolute atomic E-state index is 12.2. The minimum Gasteiger partial charge on any atom is -0.463 e. The van der Waals surface area contributed by atoms with Gasteiger partial charge in [0.25, 0.3) is 5.91 Å². The molecule has 3 rings (SSSR count). The van der Waals surface area contributed by atoms with Crippen molar-refractivity contribution in [3.8, 4) is 16.9 Å². The molecule has 12 heteroatoms. The van der Waals surface area contributed by atoms with Gasteiger partial charge in [0.1, 0.15) is 18.5 Å². The van der Waals surface area contributed by atoms with Crippen LogP contribution in [0.4, 0.5) is 0 Å². The van der Waals surface area contributed by atoms with Crippen LogP contribution in [0.25, 0.3) is 11.1 Å². The highest BCUT2D eigenvalue weighted by atomic mass is 16.7. The van der Waals surface area contributed by atoms with Gasteiger partial charge in [0, 0.05) is 40.3 Å². The maximum atomic E-state index is 12.2. The van der Waals surface area contributed by atoms with E-state index in [0.717, 1.165) is 31.9 Å². The lowest BCUT2D eigenvalue weighted by Gasteiger charge is -2.49. The summed E-state index contributed by atoms with van der Waals surface area (Å²) >= 11 is 0. The monoisotopic (exact) mass is 585 g/mol. The van der Waals surface area contributed by atoms with Crippen LogP contribution in [0.1, 0.15) is 50.5 Å². The molecule has 1 heterocycles. The summed E-state index contributed by atoms with van der Waals surface area (Å²) < 4.78 is 34.1. The molecule has 0 bridgehead atoms. The van der Waals surface area contributed by atoms with Crippen molar-refractivity contribution in [3.63, 3.8) is 0 Å². The van der Waals surface area contributed by atoms with E-state index in [4.69, 9.17) is 28.4 Å². The minimum atomic E-state index is -1.80. The molecule has 1 aliphatic heterocycles. The van der Waals surface area contributed by atoms with Crippen molar-refractivity contribution in [1.29, 1.82) is 0 Å². The molecule has 226 valence electrons. The largest absolute Gasteiger partial charge is 0.463 e. The average Bonchev–Trinajstić information content (AvgIpc) is 2.91. The number of carbonyl (C=O) groups excluding carboxylic acids is 5. The number of benzene rings is 2. The Balaban J connectivity index is 2.03. The molecule has 1 amide bonds. The highest BCUT2D eigenvalue weighted by Gasteiger charge is 2.61. The molecular weight excluding hydrogens is 550 g/mol. The van der Waals surface area contributed by atoms with E-state index in [9.17, 15) is 24.0 Å². The second-order valence-electron chi connectivity index (χ2n) is 9.94. The number of esters is 4. The molecule has 0 radical (unpaired) electrons. The van der Waals surface area contributed by atoms with Crippen LogP contribution in [0.5, 0.6) is 5.75 Å². The van der Waals surface area contributed by atoms with E-state index in [0.29, 0.717) is 16.9 Å². The van der Waals surface area contributed by atoms with Crippen LogP contribution in [-0.2, 0) is 42.9 Å². The summed E-state index contributed by atoms with van der Waals surface area (Å²) in [5, 5.41) is 2.60. The summed E-state index contributed by atoms with van der Waals surface area (Å²) in [5.41, 5.74) is 0.963. The van der Waals surface area contributed by atoms with E-state index >= 15 is 0 Å². The SMILES string of the molecule is CNC(=O)c1cccc(-c2ccc(OC3OC(COC(C)=O)C(OC(C)=O)C(C)(OC(C)=O)C3OC(C)=O)c(C)c2)c1. The first kappa shape index (κ1) is 32.1. The van der Waals surface area contributed by atoms with Crippen LogP contribution >= 0.6 is 0 Å². The van der Waals surface area contributed by atoms with Gasteiger partial charge in [-0.15, -0.1) is 0 Å². The van der Waals surface area contributed by atoms with Crippen LogP contribution in [0, 0.1) is 6.92 Å². The van der Waals surface area contributed by atoms with Crippen LogP contribution < -0.4 is 10.1 Å². The fraction of sp³-hybridized carbons (Fsp3) is 0.433. The molecule has 42 heavy (non-hydrogen) atoms. The van der Waals surface area contributed by atoms with Crippen molar-refractivity contribution in [2.75, 3.05) is 13.7 Å². The zero-order valence-electron chi connectivity index (χ0n) is 24.5. The third kappa shape index (κ3) is 7.64. The average molecular weight is 586 g/mol. The van der Waals surface area contributed by atoms with Gasteiger partial charge in [-0.2, -0.15) is 0 Å². The van der Waals surface area contributed by atoms with E-state index < -0.39 is 54.1 Å². The van der Waals surface area contributed by atoms with E-state index in [1.165, 1.54) is 13.8 Å². The second-order valence-corrected chi connectivity index (χ2v) is 9.94. The van der Waals surface area contributed by atoms with E-state index in [1.807, 2.05) is 12.1 Å². The van der Waals surface area contributed by atoms with Crippen molar-refractivity contribution in [3.05, 3.63) is 53.6 Å². The third-order valence-electron chi connectivity index (χ3n) is 6.53. The van der Waals surface area contributed by atoms with Gasteiger partial charge >= 0.3 is 23.9 Å². The standard InChI is InChI=1S/C30H35NO11/c1-16-13-22(21-9-8-10-23(14-21)28(36)31-7)11-12-24(16)40-29-27(39-19(4)34)30(6,42-20(5)35)26(38-18(3)33)25(41-29)15-37-17(2)32/h8-14,25-27,29H,15H2,1-7H3,(H,31,36). The maximum Gasteiger partial charge on any atom is 0.303 e. The van der Waals surface area contributed by atoms with Crippen LogP contribution in [0.2, 0.25) is 0 Å². The molecule has 1 fully saturated rings. The molecule has 5 atom stereocenters. The molecule has 5 unspecified atom stereocenters. The van der Waals surface area contributed by atoms with Gasteiger partial charge < -0.3 is 33.7 Å². The van der Waals surface area contributed by atoms with Crippen LogP contribution in [0.3, 0.4) is 0 Å². The number of ether oxygens (including phenoxy) is 6. The van der Waals surface area contributed by atoms with Crippen LogP contribution in [0.15, 0.2) is 42.5 Å². The first-order valence-electron chi connectivity index (χ1n) is 13.2. The molecule has 0 spiro atoms. The van der Waals surface area contributed by atoms with Crippen LogP contribution in [-0.4, -0.2) is 73.6 Å². The van der Waals surface area contributed by atoms with Gasteiger partial charge in [0.15, 0.2) is 11.7 Å². The Bertz CT molecular complexity index is 1360. The number of nitrogens with one attached hydrogen (secondary N) is 1. The van der Waals surface area contributed by atoms with Crippen molar-refractivity contribution in [2.45, 2.75) is 71.7 Å². The lowest BCUT2D eigenvalue weighted by Crippen LogP contribution is -2.70. The lowest BCUT2D eigenvalue weighted by atomic mass is 9.84. The molecule has 0 aromatic heterocycles. The normalized spacial score (nSPS) is 23.2. The summed E-state index contributed by atoms with van der Waals surface area (Å²) in [4.78, 5) is 60.2. The number of rotatable bonds is 9. The number of amides is 1. The predicted octanol–water partition coefficient (Wildman–Crippen LogP) is 2.87. The molecule has 2 aromatic carbocycles. The predicted molar refractivity (Wildman–Crippen MR) is 147 cm³/mol. The molecule has 0 saturated carbocycles. The Hall–Kier alpha value is -4.45. The Labute approximate surface area is 243 Å². The summed E-state index contributed by atoms with van der Waals surface area (Å²) in [6.07, 6.45) is -5.28. The molecular formula is C30H35NO11. The van der Waals surface area contributed by atoms with Gasteiger partial charge in [-0.25, -0.2) is 0 Å². The Morgan fingerprint density at radius 1 is 0.857 bits per heavy atom. The third-order valence-corrected chi connectivity index (χ3v) is 6.53. The Morgan fingerprint density at radius 2 is 1.50 bits per heavy atom.